The number of amides is 1. The van der Waals surface area contributed by atoms with Crippen LogP contribution in [0.25, 0.3) is 0 Å². The summed E-state index contributed by atoms with van der Waals surface area (Å²) in [5.74, 6) is -0.196. The molecule has 5 nitrogen and oxygen atoms in total. The fourth-order valence-electron chi connectivity index (χ4n) is 2.79. The van der Waals surface area contributed by atoms with Gasteiger partial charge in [-0.25, -0.2) is 13.1 Å². The number of sulfonamides is 1. The van der Waals surface area contributed by atoms with E-state index in [0.717, 1.165) is 25.7 Å². The van der Waals surface area contributed by atoms with Crippen molar-refractivity contribution in [2.24, 2.45) is 0 Å². The number of carbonyl (C=O) groups is 1. The third-order valence-electron chi connectivity index (χ3n) is 4.12. The zero-order valence-corrected chi connectivity index (χ0v) is 13.8. The summed E-state index contributed by atoms with van der Waals surface area (Å²) in [6.07, 6.45) is 8.01. The van der Waals surface area contributed by atoms with Crippen LogP contribution in [0.15, 0.2) is 29.2 Å². The van der Waals surface area contributed by atoms with Crippen molar-refractivity contribution in [2.45, 2.75) is 55.9 Å². The van der Waals surface area contributed by atoms with Crippen molar-refractivity contribution < 1.29 is 13.2 Å². The quantitative estimate of drug-likeness (QED) is 0.893. The van der Waals surface area contributed by atoms with Crippen LogP contribution in [0.4, 0.5) is 0 Å². The lowest BCUT2D eigenvalue weighted by atomic mass is 9.96. The van der Waals surface area contributed by atoms with Crippen LogP contribution in [0, 0.1) is 0 Å². The molecular weight excluding hydrogens is 300 g/mol. The molecular formula is C16H24N2O3S. The van der Waals surface area contributed by atoms with Gasteiger partial charge in [-0.05, 0) is 38.1 Å². The second kappa shape index (κ2) is 7.74. The van der Waals surface area contributed by atoms with Crippen LogP contribution < -0.4 is 10.0 Å². The molecule has 1 aromatic rings. The molecule has 22 heavy (non-hydrogen) atoms. The first-order chi connectivity index (χ1) is 10.5. The van der Waals surface area contributed by atoms with E-state index in [1.807, 2.05) is 0 Å². The van der Waals surface area contributed by atoms with Crippen molar-refractivity contribution in [3.05, 3.63) is 29.8 Å². The highest BCUT2D eigenvalue weighted by atomic mass is 32.2. The maximum absolute atomic E-state index is 12.4. The molecule has 1 aliphatic carbocycles. The van der Waals surface area contributed by atoms with Gasteiger partial charge in [0.2, 0.25) is 10.0 Å². The molecule has 1 saturated carbocycles. The molecule has 2 N–H and O–H groups in total. The van der Waals surface area contributed by atoms with Crippen molar-refractivity contribution in [1.29, 1.82) is 0 Å². The Bertz CT molecular complexity index is 606. The third-order valence-corrected chi connectivity index (χ3v) is 5.53. The Hall–Kier alpha value is -1.40. The van der Waals surface area contributed by atoms with Gasteiger partial charge in [0.15, 0.2) is 0 Å². The normalized spacial score (nSPS) is 17.5. The van der Waals surface area contributed by atoms with E-state index in [4.69, 9.17) is 0 Å². The highest BCUT2D eigenvalue weighted by Gasteiger charge is 2.17. The van der Waals surface area contributed by atoms with Crippen LogP contribution in [0.3, 0.4) is 0 Å². The van der Waals surface area contributed by atoms with Gasteiger partial charge >= 0.3 is 0 Å². The molecule has 2 rings (SSSR count). The van der Waals surface area contributed by atoms with E-state index in [2.05, 4.69) is 10.0 Å². The van der Waals surface area contributed by atoms with Crippen molar-refractivity contribution in [1.82, 2.24) is 10.0 Å². The topological polar surface area (TPSA) is 75.3 Å². The molecule has 1 fully saturated rings. The molecule has 0 spiro atoms. The van der Waals surface area contributed by atoms with E-state index in [1.165, 1.54) is 38.4 Å². The third kappa shape index (κ3) is 4.55. The molecule has 0 saturated heterocycles. The molecule has 0 bridgehead atoms. The van der Waals surface area contributed by atoms with E-state index in [-0.39, 0.29) is 16.8 Å². The summed E-state index contributed by atoms with van der Waals surface area (Å²) < 4.78 is 25.9. The molecule has 1 aliphatic rings. The van der Waals surface area contributed by atoms with Gasteiger partial charge in [0, 0.05) is 11.6 Å². The highest BCUT2D eigenvalue weighted by Crippen LogP contribution is 2.18. The van der Waals surface area contributed by atoms with Gasteiger partial charge < -0.3 is 5.32 Å². The number of nitrogens with one attached hydrogen (secondary N) is 2. The van der Waals surface area contributed by atoms with Crippen LogP contribution >= 0.6 is 0 Å². The number of hydrogen-bond acceptors (Lipinski definition) is 3. The molecule has 6 heteroatoms. The summed E-state index contributed by atoms with van der Waals surface area (Å²) in [4.78, 5) is 12.5. The molecule has 1 aromatic carbocycles. The largest absolute Gasteiger partial charge is 0.349 e. The fraction of sp³-hybridized carbons (Fsp3) is 0.562. The minimum atomic E-state index is -3.53. The van der Waals surface area contributed by atoms with Gasteiger partial charge in [0.1, 0.15) is 0 Å². The Labute approximate surface area is 132 Å². The summed E-state index contributed by atoms with van der Waals surface area (Å²) in [6, 6.07) is 6.34. The first-order valence-corrected chi connectivity index (χ1v) is 9.36. The molecule has 0 heterocycles. The first-order valence-electron chi connectivity index (χ1n) is 7.87. The van der Waals surface area contributed by atoms with E-state index in [9.17, 15) is 13.2 Å². The van der Waals surface area contributed by atoms with E-state index in [1.54, 1.807) is 12.1 Å². The summed E-state index contributed by atoms with van der Waals surface area (Å²) >= 11 is 0. The minimum Gasteiger partial charge on any atom is -0.349 e. The molecule has 0 radical (unpaired) electrons. The van der Waals surface area contributed by atoms with Crippen molar-refractivity contribution in [2.75, 3.05) is 7.05 Å². The monoisotopic (exact) mass is 324 g/mol. The number of rotatable bonds is 4. The summed E-state index contributed by atoms with van der Waals surface area (Å²) in [6.45, 7) is 0. The van der Waals surface area contributed by atoms with E-state index < -0.39 is 10.0 Å². The van der Waals surface area contributed by atoms with Gasteiger partial charge in [-0.3, -0.25) is 4.79 Å². The summed E-state index contributed by atoms with van der Waals surface area (Å²) in [7, 11) is -2.17. The van der Waals surface area contributed by atoms with Crippen LogP contribution in [0.5, 0.6) is 0 Å². The molecule has 0 unspecified atom stereocenters. The number of benzene rings is 1. The first kappa shape index (κ1) is 17.0. The number of carbonyl (C=O) groups excluding carboxylic acids is 1. The van der Waals surface area contributed by atoms with Gasteiger partial charge in [-0.15, -0.1) is 0 Å². The Balaban J connectivity index is 2.07. The average molecular weight is 324 g/mol. The van der Waals surface area contributed by atoms with Gasteiger partial charge in [0.05, 0.1) is 4.90 Å². The lowest BCUT2D eigenvalue weighted by Crippen LogP contribution is -2.35. The number of hydrogen-bond donors (Lipinski definition) is 2. The Kier molecular flexibility index (Phi) is 5.97. The van der Waals surface area contributed by atoms with Crippen LogP contribution in [0.2, 0.25) is 0 Å². The maximum atomic E-state index is 12.4. The van der Waals surface area contributed by atoms with Crippen LogP contribution in [0.1, 0.15) is 55.3 Å². The van der Waals surface area contributed by atoms with Crippen molar-refractivity contribution in [3.8, 4) is 0 Å². The average Bonchev–Trinajstić information content (AvgIpc) is 2.50. The molecule has 0 aromatic heterocycles. The van der Waals surface area contributed by atoms with Crippen molar-refractivity contribution in [3.63, 3.8) is 0 Å². The van der Waals surface area contributed by atoms with E-state index in [0.29, 0.717) is 5.56 Å². The molecule has 0 atom stereocenters. The molecule has 0 aliphatic heterocycles. The second-order valence-corrected chi connectivity index (χ2v) is 7.64. The standard InChI is InChI=1S/C16H24N2O3S/c1-17-22(20,21)15-11-7-8-13(12-15)16(19)18-14-9-5-3-2-4-6-10-14/h7-8,11-12,14,17H,2-6,9-10H2,1H3,(H,18,19). The van der Waals surface area contributed by atoms with Gasteiger partial charge in [-0.1, -0.05) is 38.2 Å². The van der Waals surface area contributed by atoms with E-state index >= 15 is 0 Å². The van der Waals surface area contributed by atoms with Gasteiger partial charge in [0.25, 0.3) is 5.91 Å². The lowest BCUT2D eigenvalue weighted by molar-refractivity contribution is 0.0930. The SMILES string of the molecule is CNS(=O)(=O)c1cccc(C(=O)NC2CCCCCCC2)c1. The zero-order valence-electron chi connectivity index (χ0n) is 13.0. The fourth-order valence-corrected chi connectivity index (χ4v) is 3.57. The Morgan fingerprint density at radius 3 is 2.36 bits per heavy atom. The maximum Gasteiger partial charge on any atom is 0.251 e. The minimum absolute atomic E-state index is 0.111. The summed E-state index contributed by atoms with van der Waals surface area (Å²) in [5.41, 5.74) is 0.387. The lowest BCUT2D eigenvalue weighted by Gasteiger charge is -2.21. The highest BCUT2D eigenvalue weighted by molar-refractivity contribution is 7.89. The summed E-state index contributed by atoms with van der Waals surface area (Å²) in [5, 5.41) is 3.05. The Morgan fingerprint density at radius 1 is 1.09 bits per heavy atom. The van der Waals surface area contributed by atoms with Crippen LogP contribution in [-0.2, 0) is 10.0 Å². The Morgan fingerprint density at radius 2 is 1.73 bits per heavy atom. The van der Waals surface area contributed by atoms with Crippen molar-refractivity contribution >= 4 is 15.9 Å². The van der Waals surface area contributed by atoms with Gasteiger partial charge in [-0.2, -0.15) is 0 Å². The molecule has 1 amide bonds. The van der Waals surface area contributed by atoms with Crippen LogP contribution in [-0.4, -0.2) is 27.4 Å². The smallest absolute Gasteiger partial charge is 0.251 e. The second-order valence-electron chi connectivity index (χ2n) is 5.75. The predicted octanol–water partition coefficient (Wildman–Crippen LogP) is 2.44. The predicted molar refractivity (Wildman–Crippen MR) is 86.3 cm³/mol. The zero-order chi connectivity index (χ0) is 16.0. The molecule has 122 valence electrons.